The predicted octanol–water partition coefficient (Wildman–Crippen LogP) is 0.978. The normalized spacial score (nSPS) is 27.8. The fourth-order valence-corrected chi connectivity index (χ4v) is 5.65. The van der Waals surface area contributed by atoms with Gasteiger partial charge < -0.3 is 5.32 Å². The van der Waals surface area contributed by atoms with Crippen LogP contribution in [0.3, 0.4) is 0 Å². The molecule has 1 atom stereocenters. The summed E-state index contributed by atoms with van der Waals surface area (Å²) in [6.45, 7) is 2.40. The highest BCUT2D eigenvalue weighted by Gasteiger charge is 2.49. The van der Waals surface area contributed by atoms with Gasteiger partial charge in [-0.1, -0.05) is 18.2 Å². The lowest BCUT2D eigenvalue weighted by atomic mass is 9.90. The molecule has 140 valence electrons. The molecule has 1 aromatic carbocycles. The number of aryl methyl sites for hydroxylation is 2. The number of benzene rings is 1. The number of sulfonamides is 1. The summed E-state index contributed by atoms with van der Waals surface area (Å²) in [4.78, 5) is 26.5. The smallest absolute Gasteiger partial charge is 0.319 e. The summed E-state index contributed by atoms with van der Waals surface area (Å²) >= 11 is 0. The van der Waals surface area contributed by atoms with Crippen molar-refractivity contribution in [3.05, 3.63) is 34.9 Å². The number of carbonyl (C=O) groups is 2. The van der Waals surface area contributed by atoms with Gasteiger partial charge in [-0.25, -0.2) is 17.5 Å². The molecule has 0 spiro atoms. The molecule has 8 heteroatoms. The lowest BCUT2D eigenvalue weighted by Gasteiger charge is -2.23. The van der Waals surface area contributed by atoms with Crippen molar-refractivity contribution in [1.29, 1.82) is 0 Å². The lowest BCUT2D eigenvalue weighted by Crippen LogP contribution is -2.42. The van der Waals surface area contributed by atoms with Crippen LogP contribution in [0.15, 0.2) is 18.2 Å². The first-order valence-corrected chi connectivity index (χ1v) is 10.7. The van der Waals surface area contributed by atoms with Gasteiger partial charge in [0.1, 0.15) is 5.54 Å². The summed E-state index contributed by atoms with van der Waals surface area (Å²) in [5.74, 6) is -0.183. The van der Waals surface area contributed by atoms with Crippen molar-refractivity contribution in [3.8, 4) is 0 Å². The van der Waals surface area contributed by atoms with Gasteiger partial charge in [0.25, 0.3) is 5.91 Å². The van der Waals surface area contributed by atoms with E-state index in [4.69, 9.17) is 0 Å². The Morgan fingerprint density at radius 3 is 2.62 bits per heavy atom. The number of nitrogens with one attached hydrogen (secondary N) is 1. The number of hydrogen-bond acceptors (Lipinski definition) is 4. The van der Waals surface area contributed by atoms with Crippen LogP contribution in [0.2, 0.25) is 0 Å². The number of fused-ring (bicyclic) bond motifs is 1. The summed E-state index contributed by atoms with van der Waals surface area (Å²) in [6.07, 6.45) is 3.77. The van der Waals surface area contributed by atoms with Gasteiger partial charge in [-0.05, 0) is 49.3 Å². The number of nitrogens with zero attached hydrogens (tertiary/aromatic N) is 2. The van der Waals surface area contributed by atoms with Gasteiger partial charge in [0, 0.05) is 19.6 Å². The molecule has 2 aliphatic heterocycles. The van der Waals surface area contributed by atoms with E-state index in [1.807, 2.05) is 18.2 Å². The highest BCUT2D eigenvalue weighted by molar-refractivity contribution is 7.89. The third kappa shape index (κ3) is 2.72. The molecular weight excluding hydrogens is 354 g/mol. The van der Waals surface area contributed by atoms with Crippen molar-refractivity contribution in [2.24, 2.45) is 0 Å². The van der Waals surface area contributed by atoms with Crippen LogP contribution in [0.1, 0.15) is 36.5 Å². The van der Waals surface area contributed by atoms with Crippen LogP contribution in [0.5, 0.6) is 0 Å². The standard InChI is InChI=1S/C18H23N3O4S/c1-18(15-7-6-13-4-2-5-14(13)12-15)16(22)21(17(23)19-18)10-9-20-8-3-11-26(20,24)25/h6-7,12H,2-5,8-11H2,1H3,(H,19,23)/t18-/m0/s1. The third-order valence-corrected chi connectivity index (χ3v) is 7.68. The molecular formula is C18H23N3O4S. The summed E-state index contributed by atoms with van der Waals surface area (Å²) in [5.41, 5.74) is 2.24. The zero-order valence-corrected chi connectivity index (χ0v) is 15.6. The van der Waals surface area contributed by atoms with E-state index < -0.39 is 21.6 Å². The predicted molar refractivity (Wildman–Crippen MR) is 96.0 cm³/mol. The topological polar surface area (TPSA) is 86.8 Å². The van der Waals surface area contributed by atoms with Gasteiger partial charge >= 0.3 is 6.03 Å². The average molecular weight is 377 g/mol. The Kier molecular flexibility index (Phi) is 4.07. The lowest BCUT2D eigenvalue weighted by molar-refractivity contribution is -0.131. The van der Waals surface area contributed by atoms with Crippen LogP contribution < -0.4 is 5.32 Å². The zero-order chi connectivity index (χ0) is 18.5. The van der Waals surface area contributed by atoms with Crippen molar-refractivity contribution in [2.45, 2.75) is 38.1 Å². The largest absolute Gasteiger partial charge is 0.325 e. The second-order valence-electron chi connectivity index (χ2n) is 7.42. The van der Waals surface area contributed by atoms with Crippen molar-refractivity contribution < 1.29 is 18.0 Å². The molecule has 2 heterocycles. The van der Waals surface area contributed by atoms with Crippen LogP contribution in [0.25, 0.3) is 0 Å². The molecule has 1 aliphatic carbocycles. The van der Waals surface area contributed by atoms with E-state index in [0.29, 0.717) is 13.0 Å². The quantitative estimate of drug-likeness (QED) is 0.793. The maximum Gasteiger partial charge on any atom is 0.325 e. The number of urea groups is 1. The van der Waals surface area contributed by atoms with Crippen molar-refractivity contribution >= 4 is 22.0 Å². The van der Waals surface area contributed by atoms with E-state index in [9.17, 15) is 18.0 Å². The van der Waals surface area contributed by atoms with Crippen LogP contribution in [0.4, 0.5) is 4.79 Å². The second kappa shape index (κ2) is 6.06. The number of amides is 3. The van der Waals surface area contributed by atoms with Gasteiger partial charge in [0.2, 0.25) is 10.0 Å². The molecule has 0 radical (unpaired) electrons. The number of rotatable bonds is 4. The molecule has 1 N–H and O–H groups in total. The third-order valence-electron chi connectivity index (χ3n) is 5.73. The van der Waals surface area contributed by atoms with Gasteiger partial charge in [-0.2, -0.15) is 0 Å². The van der Waals surface area contributed by atoms with Crippen molar-refractivity contribution in [2.75, 3.05) is 25.4 Å². The Labute approximate surface area is 153 Å². The first kappa shape index (κ1) is 17.5. The van der Waals surface area contributed by atoms with Crippen molar-refractivity contribution in [3.63, 3.8) is 0 Å². The Hall–Kier alpha value is -1.93. The number of carbonyl (C=O) groups excluding carboxylic acids is 2. The van der Waals surface area contributed by atoms with E-state index in [2.05, 4.69) is 5.32 Å². The van der Waals surface area contributed by atoms with E-state index in [-0.39, 0.29) is 24.7 Å². The van der Waals surface area contributed by atoms with E-state index in [0.717, 1.165) is 29.7 Å². The first-order valence-electron chi connectivity index (χ1n) is 9.05. The SMILES string of the molecule is C[C@@]1(c2ccc3c(c2)CCC3)NC(=O)N(CCN2CCCS2(=O)=O)C1=O. The minimum absolute atomic E-state index is 0.0738. The maximum atomic E-state index is 13.0. The molecule has 0 aromatic heterocycles. The molecule has 2 fully saturated rings. The Morgan fingerprint density at radius 2 is 1.88 bits per heavy atom. The first-order chi connectivity index (χ1) is 12.3. The fourth-order valence-electron chi connectivity index (χ4n) is 4.13. The Balaban J connectivity index is 1.53. The van der Waals surface area contributed by atoms with Crippen LogP contribution in [0, 0.1) is 0 Å². The molecule has 0 saturated carbocycles. The Bertz CT molecular complexity index is 882. The molecule has 3 aliphatic rings. The maximum absolute atomic E-state index is 13.0. The van der Waals surface area contributed by atoms with Gasteiger partial charge in [-0.15, -0.1) is 0 Å². The summed E-state index contributed by atoms with van der Waals surface area (Å²) in [6, 6.07) is 5.52. The van der Waals surface area contributed by atoms with Gasteiger partial charge in [-0.3, -0.25) is 9.69 Å². The summed E-state index contributed by atoms with van der Waals surface area (Å²) in [5, 5.41) is 2.80. The van der Waals surface area contributed by atoms with E-state index in [1.54, 1.807) is 6.92 Å². The average Bonchev–Trinajstić information content (AvgIpc) is 3.24. The molecule has 4 rings (SSSR count). The second-order valence-corrected chi connectivity index (χ2v) is 9.51. The van der Waals surface area contributed by atoms with Crippen LogP contribution in [-0.4, -0.2) is 54.9 Å². The molecule has 26 heavy (non-hydrogen) atoms. The molecule has 3 amide bonds. The fraction of sp³-hybridized carbons (Fsp3) is 0.556. The molecule has 2 saturated heterocycles. The monoisotopic (exact) mass is 377 g/mol. The molecule has 0 unspecified atom stereocenters. The summed E-state index contributed by atoms with van der Waals surface area (Å²) < 4.78 is 25.2. The molecule has 7 nitrogen and oxygen atoms in total. The Morgan fingerprint density at radius 1 is 1.12 bits per heavy atom. The highest BCUT2D eigenvalue weighted by Crippen LogP contribution is 2.32. The van der Waals surface area contributed by atoms with Gasteiger partial charge in [0.15, 0.2) is 0 Å². The van der Waals surface area contributed by atoms with Gasteiger partial charge in [0.05, 0.1) is 5.75 Å². The van der Waals surface area contributed by atoms with E-state index in [1.165, 1.54) is 15.4 Å². The van der Waals surface area contributed by atoms with E-state index >= 15 is 0 Å². The number of imide groups is 1. The van der Waals surface area contributed by atoms with Crippen molar-refractivity contribution in [1.82, 2.24) is 14.5 Å². The minimum atomic E-state index is -3.24. The summed E-state index contributed by atoms with van der Waals surface area (Å²) in [7, 11) is -3.24. The highest BCUT2D eigenvalue weighted by atomic mass is 32.2. The zero-order valence-electron chi connectivity index (χ0n) is 14.8. The number of hydrogen-bond donors (Lipinski definition) is 1. The molecule has 1 aromatic rings. The van der Waals surface area contributed by atoms with Crippen LogP contribution in [-0.2, 0) is 33.2 Å². The molecule has 0 bridgehead atoms. The van der Waals surface area contributed by atoms with Crippen LogP contribution >= 0.6 is 0 Å². The minimum Gasteiger partial charge on any atom is -0.319 e.